The Morgan fingerprint density at radius 1 is 1.29 bits per heavy atom. The van der Waals surface area contributed by atoms with Gasteiger partial charge in [-0.05, 0) is 31.1 Å². The van der Waals surface area contributed by atoms with E-state index in [2.05, 4.69) is 4.72 Å². The maximum absolute atomic E-state index is 11.8. The zero-order valence-electron chi connectivity index (χ0n) is 10.9. The molecular formula is C12H25NO3S. The summed E-state index contributed by atoms with van der Waals surface area (Å²) >= 11 is 0. The highest BCUT2D eigenvalue weighted by atomic mass is 32.2. The fourth-order valence-corrected chi connectivity index (χ4v) is 3.92. The molecule has 0 radical (unpaired) electrons. The van der Waals surface area contributed by atoms with E-state index in [0.29, 0.717) is 18.3 Å². The molecule has 0 spiro atoms. The summed E-state index contributed by atoms with van der Waals surface area (Å²) in [7, 11) is -3.21. The van der Waals surface area contributed by atoms with Crippen molar-refractivity contribution >= 4 is 10.0 Å². The molecule has 0 aromatic carbocycles. The predicted octanol–water partition coefficient (Wildman–Crippen LogP) is 1.50. The first-order valence-corrected chi connectivity index (χ1v) is 8.19. The Morgan fingerprint density at radius 2 is 1.88 bits per heavy atom. The third kappa shape index (κ3) is 6.38. The van der Waals surface area contributed by atoms with Crippen molar-refractivity contribution < 1.29 is 13.5 Å². The van der Waals surface area contributed by atoms with E-state index in [1.165, 1.54) is 0 Å². The molecule has 1 aliphatic rings. The standard InChI is InChI=1S/C12H25NO3S/c1-10(2)7-12(14)8-13-17(15,16)9-11-5-3-4-6-11/h10-14H,3-9H2,1-2H3. The Labute approximate surface area is 105 Å². The zero-order valence-corrected chi connectivity index (χ0v) is 11.7. The van der Waals surface area contributed by atoms with Crippen LogP contribution in [0.2, 0.25) is 0 Å². The molecule has 1 unspecified atom stereocenters. The van der Waals surface area contributed by atoms with Crippen LogP contribution in [0.1, 0.15) is 46.0 Å². The van der Waals surface area contributed by atoms with Gasteiger partial charge in [-0.3, -0.25) is 0 Å². The molecule has 1 atom stereocenters. The number of nitrogens with one attached hydrogen (secondary N) is 1. The number of rotatable bonds is 7. The molecule has 0 saturated heterocycles. The van der Waals surface area contributed by atoms with Gasteiger partial charge in [0.25, 0.3) is 0 Å². The van der Waals surface area contributed by atoms with Gasteiger partial charge in [0.2, 0.25) is 10.0 Å². The molecule has 0 amide bonds. The monoisotopic (exact) mass is 263 g/mol. The van der Waals surface area contributed by atoms with Crippen molar-refractivity contribution in [1.29, 1.82) is 0 Å². The lowest BCUT2D eigenvalue weighted by atomic mass is 10.1. The van der Waals surface area contributed by atoms with Gasteiger partial charge in [-0.25, -0.2) is 13.1 Å². The van der Waals surface area contributed by atoms with Gasteiger partial charge in [0.1, 0.15) is 0 Å². The molecule has 0 heterocycles. The van der Waals surface area contributed by atoms with Crippen LogP contribution in [0.5, 0.6) is 0 Å². The molecular weight excluding hydrogens is 238 g/mol. The van der Waals surface area contributed by atoms with E-state index in [0.717, 1.165) is 25.7 Å². The Hall–Kier alpha value is -0.130. The Morgan fingerprint density at radius 3 is 2.41 bits per heavy atom. The van der Waals surface area contributed by atoms with Gasteiger partial charge in [-0.15, -0.1) is 0 Å². The van der Waals surface area contributed by atoms with Crippen LogP contribution in [0.15, 0.2) is 0 Å². The molecule has 0 bridgehead atoms. The quantitative estimate of drug-likeness (QED) is 0.731. The van der Waals surface area contributed by atoms with Crippen molar-refractivity contribution in [2.45, 2.75) is 52.1 Å². The van der Waals surface area contributed by atoms with Crippen LogP contribution in [0.3, 0.4) is 0 Å². The van der Waals surface area contributed by atoms with Crippen LogP contribution in [0, 0.1) is 11.8 Å². The minimum absolute atomic E-state index is 0.146. The lowest BCUT2D eigenvalue weighted by molar-refractivity contribution is 0.152. The number of hydrogen-bond donors (Lipinski definition) is 2. The summed E-state index contributed by atoms with van der Waals surface area (Å²) in [6.07, 6.45) is 4.40. The number of sulfonamides is 1. The van der Waals surface area contributed by atoms with Gasteiger partial charge in [0.05, 0.1) is 11.9 Å². The fourth-order valence-electron chi connectivity index (χ4n) is 2.40. The fraction of sp³-hybridized carbons (Fsp3) is 1.00. The first-order chi connectivity index (χ1) is 7.89. The van der Waals surface area contributed by atoms with E-state index in [1.54, 1.807) is 0 Å². The van der Waals surface area contributed by atoms with Gasteiger partial charge in [0.15, 0.2) is 0 Å². The van der Waals surface area contributed by atoms with E-state index < -0.39 is 16.1 Å². The van der Waals surface area contributed by atoms with Gasteiger partial charge in [-0.1, -0.05) is 26.7 Å². The van der Waals surface area contributed by atoms with E-state index >= 15 is 0 Å². The topological polar surface area (TPSA) is 66.4 Å². The molecule has 0 aromatic heterocycles. The molecule has 1 aliphatic carbocycles. The largest absolute Gasteiger partial charge is 0.392 e. The van der Waals surface area contributed by atoms with Gasteiger partial charge < -0.3 is 5.11 Å². The summed E-state index contributed by atoms with van der Waals surface area (Å²) in [5, 5.41) is 9.62. The van der Waals surface area contributed by atoms with Crippen molar-refractivity contribution in [3.05, 3.63) is 0 Å². The van der Waals surface area contributed by atoms with Crippen LogP contribution >= 0.6 is 0 Å². The Kier molecular flexibility index (Phi) is 5.89. The maximum atomic E-state index is 11.8. The summed E-state index contributed by atoms with van der Waals surface area (Å²) in [5.74, 6) is 0.917. The second-order valence-electron chi connectivity index (χ2n) is 5.56. The lowest BCUT2D eigenvalue weighted by Gasteiger charge is -2.15. The highest BCUT2D eigenvalue weighted by molar-refractivity contribution is 7.89. The number of aliphatic hydroxyl groups excluding tert-OH is 1. The number of aliphatic hydroxyl groups is 1. The van der Waals surface area contributed by atoms with Gasteiger partial charge in [-0.2, -0.15) is 0 Å². The zero-order chi connectivity index (χ0) is 12.9. The Bertz CT molecular complexity index is 308. The van der Waals surface area contributed by atoms with Crippen LogP contribution in [-0.4, -0.2) is 31.9 Å². The van der Waals surface area contributed by atoms with Crippen LogP contribution in [-0.2, 0) is 10.0 Å². The summed E-state index contributed by atoms with van der Waals surface area (Å²) in [6.45, 7) is 4.17. The maximum Gasteiger partial charge on any atom is 0.211 e. The van der Waals surface area contributed by atoms with E-state index in [-0.39, 0.29) is 12.3 Å². The van der Waals surface area contributed by atoms with Crippen LogP contribution in [0.25, 0.3) is 0 Å². The average Bonchev–Trinajstić information content (AvgIpc) is 2.66. The van der Waals surface area contributed by atoms with Crippen LogP contribution in [0.4, 0.5) is 0 Å². The third-order valence-electron chi connectivity index (χ3n) is 3.21. The minimum atomic E-state index is -3.21. The average molecular weight is 263 g/mol. The highest BCUT2D eigenvalue weighted by Gasteiger charge is 2.22. The molecule has 102 valence electrons. The molecule has 1 fully saturated rings. The molecule has 1 saturated carbocycles. The molecule has 0 aromatic rings. The van der Waals surface area contributed by atoms with E-state index in [1.807, 2.05) is 13.8 Å². The first kappa shape index (κ1) is 14.9. The molecule has 0 aliphatic heterocycles. The molecule has 4 nitrogen and oxygen atoms in total. The lowest BCUT2D eigenvalue weighted by Crippen LogP contribution is -2.35. The predicted molar refractivity (Wildman–Crippen MR) is 69.2 cm³/mol. The molecule has 2 N–H and O–H groups in total. The summed E-state index contributed by atoms with van der Waals surface area (Å²) in [5.41, 5.74) is 0. The van der Waals surface area contributed by atoms with Crippen molar-refractivity contribution in [1.82, 2.24) is 4.72 Å². The van der Waals surface area contributed by atoms with Gasteiger partial charge >= 0.3 is 0 Å². The van der Waals surface area contributed by atoms with Gasteiger partial charge in [0, 0.05) is 6.54 Å². The first-order valence-electron chi connectivity index (χ1n) is 6.54. The summed E-state index contributed by atoms with van der Waals surface area (Å²) in [6, 6.07) is 0. The SMILES string of the molecule is CC(C)CC(O)CNS(=O)(=O)CC1CCCC1. The molecule has 17 heavy (non-hydrogen) atoms. The second-order valence-corrected chi connectivity index (χ2v) is 7.42. The smallest absolute Gasteiger partial charge is 0.211 e. The molecule has 1 rings (SSSR count). The summed E-state index contributed by atoms with van der Waals surface area (Å²) in [4.78, 5) is 0. The Balaban J connectivity index is 2.28. The minimum Gasteiger partial charge on any atom is -0.392 e. The van der Waals surface area contributed by atoms with Crippen molar-refractivity contribution in [3.63, 3.8) is 0 Å². The highest BCUT2D eigenvalue weighted by Crippen LogP contribution is 2.25. The summed E-state index contributed by atoms with van der Waals surface area (Å²) < 4.78 is 26.0. The third-order valence-corrected chi connectivity index (χ3v) is 4.73. The van der Waals surface area contributed by atoms with E-state index in [9.17, 15) is 13.5 Å². The van der Waals surface area contributed by atoms with Crippen molar-refractivity contribution in [2.24, 2.45) is 11.8 Å². The normalized spacial score (nSPS) is 20.0. The van der Waals surface area contributed by atoms with Crippen molar-refractivity contribution in [2.75, 3.05) is 12.3 Å². The van der Waals surface area contributed by atoms with E-state index in [4.69, 9.17) is 0 Å². The van der Waals surface area contributed by atoms with Crippen molar-refractivity contribution in [3.8, 4) is 0 Å². The molecule has 5 heteroatoms. The van der Waals surface area contributed by atoms with Crippen LogP contribution < -0.4 is 4.72 Å². The second kappa shape index (κ2) is 6.71. The number of hydrogen-bond acceptors (Lipinski definition) is 3.